The normalized spacial score (nSPS) is 17.8. The van der Waals surface area contributed by atoms with Crippen molar-refractivity contribution >= 4 is 11.6 Å². The highest BCUT2D eigenvalue weighted by atomic mass is 16.6. The summed E-state index contributed by atoms with van der Waals surface area (Å²) in [5, 5.41) is 14.2. The lowest BCUT2D eigenvalue weighted by atomic mass is 10.0. The number of nitrogens with one attached hydrogen (secondary N) is 1. The lowest BCUT2D eigenvalue weighted by molar-refractivity contribution is -0.385. The van der Waals surface area contributed by atoms with Crippen molar-refractivity contribution in [3.63, 3.8) is 0 Å². The molecule has 0 bridgehead atoms. The van der Waals surface area contributed by atoms with Gasteiger partial charge in [0, 0.05) is 19.7 Å². The lowest BCUT2D eigenvalue weighted by Crippen LogP contribution is -2.46. The number of amides is 1. The molecule has 1 N–H and O–H groups in total. The zero-order valence-corrected chi connectivity index (χ0v) is 12.9. The van der Waals surface area contributed by atoms with Crippen LogP contribution in [0, 0.1) is 10.1 Å². The maximum Gasteiger partial charge on any atom is 0.311 e. The van der Waals surface area contributed by atoms with Crippen molar-refractivity contribution in [2.24, 2.45) is 0 Å². The molecule has 0 aromatic heterocycles. The molecule has 0 spiro atoms. The second-order valence-electron chi connectivity index (χ2n) is 5.46. The van der Waals surface area contributed by atoms with E-state index in [1.165, 1.54) is 13.2 Å². The van der Waals surface area contributed by atoms with Crippen molar-refractivity contribution in [3.8, 4) is 5.75 Å². The van der Waals surface area contributed by atoms with E-state index in [4.69, 9.17) is 4.74 Å². The monoisotopic (exact) mass is 307 g/mol. The summed E-state index contributed by atoms with van der Waals surface area (Å²) in [7, 11) is 3.11. The molecule has 1 amide bonds. The molecule has 1 saturated heterocycles. The average Bonchev–Trinajstić information content (AvgIpc) is 2.54. The van der Waals surface area contributed by atoms with Gasteiger partial charge in [-0.25, -0.2) is 0 Å². The Bertz CT molecular complexity index is 556. The van der Waals surface area contributed by atoms with Crippen LogP contribution in [0.25, 0.3) is 0 Å². The number of nitro groups is 1. The molecule has 1 atom stereocenters. The largest absolute Gasteiger partial charge is 0.490 e. The van der Waals surface area contributed by atoms with Gasteiger partial charge in [-0.3, -0.25) is 14.9 Å². The van der Waals surface area contributed by atoms with E-state index in [1.807, 2.05) is 0 Å². The Morgan fingerprint density at radius 1 is 1.50 bits per heavy atom. The standard InChI is InChI=1S/C15H21N3O4/c1-17(15(19)12-5-3-4-8-16-12)10-11-6-7-14(22-2)13(9-11)18(20)21/h6-7,9,12,16H,3-5,8,10H2,1-2H3/t12-/m0/s1. The van der Waals surface area contributed by atoms with E-state index in [-0.39, 0.29) is 23.4 Å². The minimum Gasteiger partial charge on any atom is -0.490 e. The predicted molar refractivity (Wildman–Crippen MR) is 81.8 cm³/mol. The molecule has 0 unspecified atom stereocenters. The summed E-state index contributed by atoms with van der Waals surface area (Å²) in [5.41, 5.74) is 0.621. The van der Waals surface area contributed by atoms with Gasteiger partial charge in [0.05, 0.1) is 18.1 Å². The first kappa shape index (κ1) is 16.2. The van der Waals surface area contributed by atoms with Crippen molar-refractivity contribution in [2.75, 3.05) is 20.7 Å². The Morgan fingerprint density at radius 3 is 2.86 bits per heavy atom. The number of hydrogen-bond donors (Lipinski definition) is 1. The van der Waals surface area contributed by atoms with Gasteiger partial charge < -0.3 is 15.0 Å². The Kier molecular flexibility index (Phi) is 5.32. The van der Waals surface area contributed by atoms with E-state index >= 15 is 0 Å². The van der Waals surface area contributed by atoms with E-state index in [0.29, 0.717) is 12.1 Å². The summed E-state index contributed by atoms with van der Waals surface area (Å²) < 4.78 is 4.98. The molecular weight excluding hydrogens is 286 g/mol. The molecule has 0 saturated carbocycles. The van der Waals surface area contributed by atoms with Gasteiger partial charge in [-0.2, -0.15) is 0 Å². The van der Waals surface area contributed by atoms with E-state index in [0.717, 1.165) is 25.8 Å². The van der Waals surface area contributed by atoms with Gasteiger partial charge in [0.25, 0.3) is 0 Å². The summed E-state index contributed by atoms with van der Waals surface area (Å²) in [5.74, 6) is 0.245. The van der Waals surface area contributed by atoms with Crippen LogP contribution in [-0.4, -0.2) is 42.5 Å². The highest BCUT2D eigenvalue weighted by Crippen LogP contribution is 2.28. The first-order valence-corrected chi connectivity index (χ1v) is 7.32. The number of benzene rings is 1. The number of piperidine rings is 1. The van der Waals surface area contributed by atoms with Crippen LogP contribution in [0.1, 0.15) is 24.8 Å². The highest BCUT2D eigenvalue weighted by Gasteiger charge is 2.24. The zero-order valence-electron chi connectivity index (χ0n) is 12.9. The summed E-state index contributed by atoms with van der Waals surface area (Å²) in [6.07, 6.45) is 2.98. The van der Waals surface area contributed by atoms with Crippen molar-refractivity contribution in [2.45, 2.75) is 31.8 Å². The number of methoxy groups -OCH3 is 1. The fourth-order valence-electron chi connectivity index (χ4n) is 2.66. The predicted octanol–water partition coefficient (Wildman–Crippen LogP) is 1.70. The van der Waals surface area contributed by atoms with Crippen LogP contribution in [0.3, 0.4) is 0 Å². The van der Waals surface area contributed by atoms with Crippen LogP contribution in [0.2, 0.25) is 0 Å². The number of nitrogens with zero attached hydrogens (tertiary/aromatic N) is 2. The topological polar surface area (TPSA) is 84.7 Å². The Hall–Kier alpha value is -2.15. The summed E-state index contributed by atoms with van der Waals surface area (Å²) in [6.45, 7) is 1.19. The summed E-state index contributed by atoms with van der Waals surface area (Å²) >= 11 is 0. The minimum absolute atomic E-state index is 0.0261. The minimum atomic E-state index is -0.479. The molecule has 2 rings (SSSR count). The van der Waals surface area contributed by atoms with Gasteiger partial charge in [0.2, 0.25) is 5.91 Å². The molecule has 120 valence electrons. The van der Waals surface area contributed by atoms with Crippen LogP contribution in [-0.2, 0) is 11.3 Å². The zero-order chi connectivity index (χ0) is 16.1. The fourth-order valence-corrected chi connectivity index (χ4v) is 2.66. The third kappa shape index (κ3) is 3.73. The molecule has 1 aromatic rings. The number of rotatable bonds is 5. The number of ether oxygens (including phenoxy) is 1. The fraction of sp³-hybridized carbons (Fsp3) is 0.533. The van der Waals surface area contributed by atoms with Crippen molar-refractivity contribution in [1.29, 1.82) is 0 Å². The van der Waals surface area contributed by atoms with Crippen LogP contribution in [0.15, 0.2) is 18.2 Å². The lowest BCUT2D eigenvalue weighted by Gasteiger charge is -2.27. The third-order valence-electron chi connectivity index (χ3n) is 3.84. The molecule has 7 nitrogen and oxygen atoms in total. The van der Waals surface area contributed by atoms with E-state index in [9.17, 15) is 14.9 Å². The van der Waals surface area contributed by atoms with Crippen molar-refractivity contribution in [1.82, 2.24) is 10.2 Å². The maximum atomic E-state index is 12.3. The molecule has 1 fully saturated rings. The van der Waals surface area contributed by atoms with Crippen LogP contribution < -0.4 is 10.1 Å². The van der Waals surface area contributed by atoms with Gasteiger partial charge in [0.1, 0.15) is 0 Å². The second-order valence-corrected chi connectivity index (χ2v) is 5.46. The van der Waals surface area contributed by atoms with Crippen LogP contribution in [0.5, 0.6) is 5.75 Å². The number of carbonyl (C=O) groups excluding carboxylic acids is 1. The molecule has 1 aliphatic heterocycles. The van der Waals surface area contributed by atoms with Gasteiger partial charge in [-0.15, -0.1) is 0 Å². The number of likely N-dealkylation sites (N-methyl/N-ethyl adjacent to an activating group) is 1. The van der Waals surface area contributed by atoms with E-state index < -0.39 is 4.92 Å². The number of nitro benzene ring substituents is 1. The van der Waals surface area contributed by atoms with Crippen LogP contribution >= 0.6 is 0 Å². The number of hydrogen-bond acceptors (Lipinski definition) is 5. The Labute approximate surface area is 129 Å². The first-order valence-electron chi connectivity index (χ1n) is 7.32. The van der Waals surface area contributed by atoms with E-state index in [1.54, 1.807) is 24.1 Å². The molecule has 0 radical (unpaired) electrons. The quantitative estimate of drug-likeness (QED) is 0.661. The maximum absolute atomic E-state index is 12.3. The first-order chi connectivity index (χ1) is 10.5. The molecule has 7 heteroatoms. The summed E-state index contributed by atoms with van der Waals surface area (Å²) in [6, 6.07) is 4.61. The van der Waals surface area contributed by atoms with E-state index in [2.05, 4.69) is 5.32 Å². The van der Waals surface area contributed by atoms with Crippen LogP contribution in [0.4, 0.5) is 5.69 Å². The smallest absolute Gasteiger partial charge is 0.311 e. The summed E-state index contributed by atoms with van der Waals surface area (Å²) in [4.78, 5) is 24.5. The van der Waals surface area contributed by atoms with Gasteiger partial charge in [0.15, 0.2) is 5.75 Å². The number of carbonyl (C=O) groups is 1. The van der Waals surface area contributed by atoms with Crippen molar-refractivity contribution in [3.05, 3.63) is 33.9 Å². The molecule has 0 aliphatic carbocycles. The molecular formula is C15H21N3O4. The molecule has 1 aliphatic rings. The Morgan fingerprint density at radius 2 is 2.27 bits per heavy atom. The SMILES string of the molecule is COc1ccc(CN(C)C(=O)[C@@H]2CCCCN2)cc1[N+](=O)[O-]. The average molecular weight is 307 g/mol. The van der Waals surface area contributed by atoms with Gasteiger partial charge >= 0.3 is 5.69 Å². The molecule has 1 aromatic carbocycles. The molecule has 22 heavy (non-hydrogen) atoms. The third-order valence-corrected chi connectivity index (χ3v) is 3.84. The van der Waals surface area contributed by atoms with Gasteiger partial charge in [-0.1, -0.05) is 12.5 Å². The second kappa shape index (κ2) is 7.22. The highest BCUT2D eigenvalue weighted by molar-refractivity contribution is 5.81. The Balaban J connectivity index is 2.07. The van der Waals surface area contributed by atoms with Crippen molar-refractivity contribution < 1.29 is 14.5 Å². The molecule has 1 heterocycles. The van der Waals surface area contributed by atoms with Gasteiger partial charge in [-0.05, 0) is 31.0 Å².